The summed E-state index contributed by atoms with van der Waals surface area (Å²) >= 11 is 0. The van der Waals surface area contributed by atoms with E-state index in [4.69, 9.17) is 0 Å². The van der Waals surface area contributed by atoms with E-state index in [1.54, 1.807) is 0 Å². The van der Waals surface area contributed by atoms with Crippen LogP contribution in [0, 0.1) is 13.8 Å². The van der Waals surface area contributed by atoms with Crippen molar-refractivity contribution in [3.63, 3.8) is 0 Å². The molecule has 0 aliphatic heterocycles. The largest absolute Gasteiger partial charge is 0.354 e. The number of aromatic amines is 1. The van der Waals surface area contributed by atoms with Crippen molar-refractivity contribution in [1.82, 2.24) is 15.2 Å². The zero-order valence-electron chi connectivity index (χ0n) is 15.5. The Bertz CT molecular complexity index is 586. The molecule has 1 aliphatic rings. The molecule has 0 bridgehead atoms. The molecular formula is C19H31N3O2. The summed E-state index contributed by atoms with van der Waals surface area (Å²) in [5.74, 6) is -0.127. The van der Waals surface area contributed by atoms with Crippen molar-refractivity contribution >= 4 is 11.7 Å². The number of carbonyl (C=O) groups excluding carboxylic acids is 2. The molecule has 1 aliphatic carbocycles. The number of ketones is 1. The number of hydrogen-bond acceptors (Lipinski definition) is 3. The number of carbonyl (C=O) groups is 2. The summed E-state index contributed by atoms with van der Waals surface area (Å²) in [6.07, 6.45) is 7.61. The van der Waals surface area contributed by atoms with Crippen LogP contribution in [-0.2, 0) is 0 Å². The number of amides is 1. The van der Waals surface area contributed by atoms with Gasteiger partial charge in [0.05, 0.1) is 0 Å². The van der Waals surface area contributed by atoms with Crippen LogP contribution in [0.3, 0.4) is 0 Å². The number of H-pyrrole nitrogens is 1. The lowest BCUT2D eigenvalue weighted by Gasteiger charge is -2.31. The van der Waals surface area contributed by atoms with Gasteiger partial charge in [-0.2, -0.15) is 0 Å². The predicted octanol–water partition coefficient (Wildman–Crippen LogP) is 3.22. The van der Waals surface area contributed by atoms with Crippen LogP contribution in [0.5, 0.6) is 0 Å². The van der Waals surface area contributed by atoms with E-state index >= 15 is 0 Å². The number of hydrogen-bond donors (Lipinski definition) is 2. The zero-order valence-corrected chi connectivity index (χ0v) is 15.5. The third-order valence-corrected chi connectivity index (χ3v) is 5.19. The number of rotatable bonds is 7. The first-order valence-electron chi connectivity index (χ1n) is 9.10. The highest BCUT2D eigenvalue weighted by Crippen LogP contribution is 2.21. The van der Waals surface area contributed by atoms with Crippen molar-refractivity contribution in [3.8, 4) is 0 Å². The summed E-state index contributed by atoms with van der Waals surface area (Å²) in [5, 5.41) is 2.97. The molecule has 5 heteroatoms. The Kier molecular flexibility index (Phi) is 6.60. The van der Waals surface area contributed by atoms with E-state index in [2.05, 4.69) is 22.2 Å². The predicted molar refractivity (Wildman–Crippen MR) is 96.7 cm³/mol. The Morgan fingerprint density at radius 1 is 1.21 bits per heavy atom. The Hall–Kier alpha value is -1.62. The second-order valence-electron chi connectivity index (χ2n) is 7.06. The number of aryl methyl sites for hydroxylation is 1. The first kappa shape index (κ1) is 18.7. The van der Waals surface area contributed by atoms with E-state index < -0.39 is 0 Å². The summed E-state index contributed by atoms with van der Waals surface area (Å²) in [7, 11) is 2.19. The molecule has 24 heavy (non-hydrogen) atoms. The Balaban J connectivity index is 1.79. The maximum atomic E-state index is 12.3. The normalized spacial score (nSPS) is 15.7. The molecule has 1 amide bonds. The lowest BCUT2D eigenvalue weighted by molar-refractivity contribution is 0.0945. The molecule has 2 N–H and O–H groups in total. The monoisotopic (exact) mass is 333 g/mol. The zero-order chi connectivity index (χ0) is 17.7. The van der Waals surface area contributed by atoms with Crippen LogP contribution < -0.4 is 5.32 Å². The average molecular weight is 333 g/mol. The van der Waals surface area contributed by atoms with Crippen molar-refractivity contribution < 1.29 is 9.59 Å². The van der Waals surface area contributed by atoms with E-state index in [0.717, 1.165) is 24.2 Å². The van der Waals surface area contributed by atoms with Crippen LogP contribution >= 0.6 is 0 Å². The lowest BCUT2D eigenvalue weighted by atomic mass is 9.94. The van der Waals surface area contributed by atoms with Crippen LogP contribution in [0.15, 0.2) is 0 Å². The van der Waals surface area contributed by atoms with Gasteiger partial charge in [-0.3, -0.25) is 9.59 Å². The number of aromatic nitrogens is 1. The third-order valence-electron chi connectivity index (χ3n) is 5.19. The molecule has 1 aromatic heterocycles. The van der Waals surface area contributed by atoms with Crippen molar-refractivity contribution in [2.45, 2.75) is 65.3 Å². The van der Waals surface area contributed by atoms with E-state index in [1.807, 2.05) is 13.8 Å². The number of nitrogens with zero attached hydrogens (tertiary/aromatic N) is 1. The van der Waals surface area contributed by atoms with Gasteiger partial charge in [-0.05, 0) is 59.2 Å². The summed E-state index contributed by atoms with van der Waals surface area (Å²) < 4.78 is 0. The van der Waals surface area contributed by atoms with Crippen molar-refractivity contribution in [3.05, 3.63) is 22.5 Å². The van der Waals surface area contributed by atoms with Crippen LogP contribution in [0.4, 0.5) is 0 Å². The van der Waals surface area contributed by atoms with Gasteiger partial charge < -0.3 is 15.2 Å². The first-order chi connectivity index (χ1) is 11.4. The third kappa shape index (κ3) is 4.47. The van der Waals surface area contributed by atoms with E-state index in [-0.39, 0.29) is 11.7 Å². The second kappa shape index (κ2) is 8.47. The molecule has 0 unspecified atom stereocenters. The van der Waals surface area contributed by atoms with Crippen LogP contribution in [0.25, 0.3) is 0 Å². The maximum Gasteiger partial charge on any atom is 0.268 e. The first-order valence-corrected chi connectivity index (χ1v) is 9.10. The molecule has 0 spiro atoms. The molecule has 134 valence electrons. The molecule has 1 aromatic rings. The highest BCUT2D eigenvalue weighted by atomic mass is 16.2. The smallest absolute Gasteiger partial charge is 0.268 e. The molecule has 5 nitrogen and oxygen atoms in total. The van der Waals surface area contributed by atoms with Gasteiger partial charge >= 0.3 is 0 Å². The van der Waals surface area contributed by atoms with E-state index in [0.29, 0.717) is 23.8 Å². The van der Waals surface area contributed by atoms with Crippen molar-refractivity contribution in [1.29, 1.82) is 0 Å². The molecule has 0 radical (unpaired) electrons. The summed E-state index contributed by atoms with van der Waals surface area (Å²) in [6, 6.07) is 0.709. The van der Waals surface area contributed by atoms with E-state index in [9.17, 15) is 9.59 Å². The fourth-order valence-corrected chi connectivity index (χ4v) is 3.83. The summed E-state index contributed by atoms with van der Waals surface area (Å²) in [4.78, 5) is 29.5. The molecular weight excluding hydrogens is 302 g/mol. The molecule has 1 fully saturated rings. The van der Waals surface area contributed by atoms with E-state index in [1.165, 1.54) is 39.0 Å². The average Bonchev–Trinajstić information content (AvgIpc) is 2.86. The Morgan fingerprint density at radius 2 is 1.88 bits per heavy atom. The topological polar surface area (TPSA) is 65.2 Å². The van der Waals surface area contributed by atoms with Crippen LogP contribution in [0.1, 0.15) is 77.6 Å². The van der Waals surface area contributed by atoms with Crippen molar-refractivity contribution in [2.75, 3.05) is 20.1 Å². The fourth-order valence-electron chi connectivity index (χ4n) is 3.83. The Morgan fingerprint density at radius 3 is 2.46 bits per heavy atom. The number of nitrogens with one attached hydrogen (secondary N) is 2. The molecule has 1 saturated carbocycles. The van der Waals surface area contributed by atoms with Crippen molar-refractivity contribution in [2.24, 2.45) is 0 Å². The number of Topliss-reactive ketones (excluding diaryl/α,β-unsaturated/α-hetero) is 1. The van der Waals surface area contributed by atoms with Gasteiger partial charge in [0.2, 0.25) is 0 Å². The quantitative estimate of drug-likeness (QED) is 0.595. The SMILES string of the molecule is CC(=O)c1c(C)[nH]c(C(=O)NCCCN(C)C2CCCCC2)c1C. The second-order valence-corrected chi connectivity index (χ2v) is 7.06. The molecule has 1 heterocycles. The molecule has 0 aromatic carbocycles. The van der Waals surface area contributed by atoms with Crippen LogP contribution in [0.2, 0.25) is 0 Å². The summed E-state index contributed by atoms with van der Waals surface area (Å²) in [5.41, 5.74) is 2.66. The Labute approximate surface area is 145 Å². The summed E-state index contributed by atoms with van der Waals surface area (Å²) in [6.45, 7) is 6.85. The fraction of sp³-hybridized carbons (Fsp3) is 0.684. The molecule has 0 saturated heterocycles. The molecule has 2 rings (SSSR count). The van der Waals surface area contributed by atoms with Gasteiger partial charge in [0, 0.05) is 23.8 Å². The minimum Gasteiger partial charge on any atom is -0.354 e. The standard InChI is InChI=1S/C19H31N3O2/c1-13-17(15(3)23)14(2)21-18(13)19(24)20-11-8-12-22(4)16-9-6-5-7-10-16/h16,21H,5-12H2,1-4H3,(H,20,24). The highest BCUT2D eigenvalue weighted by molar-refractivity contribution is 6.02. The maximum absolute atomic E-state index is 12.3. The lowest BCUT2D eigenvalue weighted by Crippen LogP contribution is -2.36. The minimum absolute atomic E-state index is 0.00518. The van der Waals surface area contributed by atoms with Gasteiger partial charge in [-0.25, -0.2) is 0 Å². The van der Waals surface area contributed by atoms with Gasteiger partial charge in [0.1, 0.15) is 5.69 Å². The minimum atomic E-state index is -0.122. The van der Waals surface area contributed by atoms with Crippen LogP contribution in [-0.4, -0.2) is 47.8 Å². The van der Waals surface area contributed by atoms with Gasteiger partial charge in [0.25, 0.3) is 5.91 Å². The van der Waals surface area contributed by atoms with Gasteiger partial charge in [-0.1, -0.05) is 19.3 Å². The van der Waals surface area contributed by atoms with Gasteiger partial charge in [-0.15, -0.1) is 0 Å². The molecule has 0 atom stereocenters. The highest BCUT2D eigenvalue weighted by Gasteiger charge is 2.20. The van der Waals surface area contributed by atoms with Gasteiger partial charge in [0.15, 0.2) is 5.78 Å².